The fraction of sp³-hybridized carbons (Fsp3) is 0.417. The smallest absolute Gasteiger partial charge is 0.252 e. The van der Waals surface area contributed by atoms with Crippen molar-refractivity contribution in [2.45, 2.75) is 12.8 Å². The Labute approximate surface area is 118 Å². The third-order valence-electron chi connectivity index (χ3n) is 2.26. The molecule has 0 heterocycles. The van der Waals surface area contributed by atoms with Crippen molar-refractivity contribution in [3.05, 3.63) is 28.2 Å². The van der Waals surface area contributed by atoms with Gasteiger partial charge in [0.2, 0.25) is 0 Å². The third kappa shape index (κ3) is 4.68. The summed E-state index contributed by atoms with van der Waals surface area (Å²) in [7, 11) is 1.58. The SMILES string of the molecule is COc1ccc(Br)c(C(=O)NCCCCBr)c1. The molecule has 0 fully saturated rings. The summed E-state index contributed by atoms with van der Waals surface area (Å²) in [5, 5.41) is 3.84. The van der Waals surface area contributed by atoms with Crippen molar-refractivity contribution in [1.29, 1.82) is 0 Å². The molecule has 0 atom stereocenters. The molecule has 5 heteroatoms. The number of rotatable bonds is 6. The van der Waals surface area contributed by atoms with E-state index in [0.717, 1.165) is 22.6 Å². The van der Waals surface area contributed by atoms with Gasteiger partial charge in [0.1, 0.15) is 5.75 Å². The molecule has 3 nitrogen and oxygen atoms in total. The van der Waals surface area contributed by atoms with Gasteiger partial charge in [0.25, 0.3) is 5.91 Å². The van der Waals surface area contributed by atoms with E-state index in [9.17, 15) is 4.79 Å². The van der Waals surface area contributed by atoms with Crippen LogP contribution in [-0.4, -0.2) is 24.9 Å². The van der Waals surface area contributed by atoms with Crippen molar-refractivity contribution in [3.8, 4) is 5.75 Å². The number of benzene rings is 1. The molecule has 0 aliphatic heterocycles. The number of hydrogen-bond acceptors (Lipinski definition) is 2. The van der Waals surface area contributed by atoms with Gasteiger partial charge in [0, 0.05) is 16.3 Å². The molecule has 0 saturated carbocycles. The minimum atomic E-state index is -0.0784. The molecule has 17 heavy (non-hydrogen) atoms. The van der Waals surface area contributed by atoms with Gasteiger partial charge < -0.3 is 10.1 Å². The molecule has 0 spiro atoms. The first-order valence-corrected chi connectivity index (χ1v) is 7.28. The number of methoxy groups -OCH3 is 1. The van der Waals surface area contributed by atoms with Gasteiger partial charge in [-0.15, -0.1) is 0 Å². The highest BCUT2D eigenvalue weighted by molar-refractivity contribution is 9.10. The molecule has 0 unspecified atom stereocenters. The first-order valence-electron chi connectivity index (χ1n) is 5.36. The Bertz CT molecular complexity index is 383. The maximum atomic E-state index is 11.9. The van der Waals surface area contributed by atoms with Crippen molar-refractivity contribution in [2.75, 3.05) is 19.0 Å². The van der Waals surface area contributed by atoms with Crippen LogP contribution in [0.3, 0.4) is 0 Å². The van der Waals surface area contributed by atoms with Gasteiger partial charge in [-0.25, -0.2) is 0 Å². The van der Waals surface area contributed by atoms with Crippen LogP contribution in [0.1, 0.15) is 23.2 Å². The molecule has 1 rings (SSSR count). The van der Waals surface area contributed by atoms with E-state index in [1.165, 1.54) is 0 Å². The lowest BCUT2D eigenvalue weighted by molar-refractivity contribution is 0.0952. The van der Waals surface area contributed by atoms with E-state index in [2.05, 4.69) is 37.2 Å². The minimum absolute atomic E-state index is 0.0784. The number of unbranched alkanes of at least 4 members (excludes halogenated alkanes) is 1. The number of amides is 1. The van der Waals surface area contributed by atoms with Crippen LogP contribution in [-0.2, 0) is 0 Å². The molecule has 0 aliphatic carbocycles. The Morgan fingerprint density at radius 2 is 2.18 bits per heavy atom. The second-order valence-corrected chi connectivity index (χ2v) is 5.15. The average Bonchev–Trinajstić information content (AvgIpc) is 2.35. The van der Waals surface area contributed by atoms with E-state index in [1.54, 1.807) is 13.2 Å². The van der Waals surface area contributed by atoms with E-state index in [4.69, 9.17) is 4.74 Å². The van der Waals surface area contributed by atoms with Crippen molar-refractivity contribution >= 4 is 37.8 Å². The molecule has 0 radical (unpaired) electrons. The molecule has 0 aliphatic rings. The lowest BCUT2D eigenvalue weighted by Gasteiger charge is -2.08. The molecule has 0 saturated heterocycles. The highest BCUT2D eigenvalue weighted by Gasteiger charge is 2.10. The molecule has 1 N–H and O–H groups in total. The summed E-state index contributed by atoms with van der Waals surface area (Å²) in [4.78, 5) is 11.9. The lowest BCUT2D eigenvalue weighted by Crippen LogP contribution is -2.24. The van der Waals surface area contributed by atoms with Crippen LogP contribution in [0.5, 0.6) is 5.75 Å². The van der Waals surface area contributed by atoms with Crippen molar-refractivity contribution < 1.29 is 9.53 Å². The van der Waals surface area contributed by atoms with Crippen LogP contribution in [0, 0.1) is 0 Å². The number of nitrogens with one attached hydrogen (secondary N) is 1. The van der Waals surface area contributed by atoms with E-state index in [0.29, 0.717) is 17.9 Å². The number of ether oxygens (including phenoxy) is 1. The number of hydrogen-bond donors (Lipinski definition) is 1. The summed E-state index contributed by atoms with van der Waals surface area (Å²) in [6.45, 7) is 0.689. The van der Waals surface area contributed by atoms with Gasteiger partial charge in [-0.2, -0.15) is 0 Å². The largest absolute Gasteiger partial charge is 0.497 e. The molecular weight excluding hydrogens is 350 g/mol. The average molecular weight is 365 g/mol. The summed E-state index contributed by atoms with van der Waals surface area (Å²) in [5.41, 5.74) is 0.600. The van der Waals surface area contributed by atoms with Crippen molar-refractivity contribution in [3.63, 3.8) is 0 Å². The minimum Gasteiger partial charge on any atom is -0.497 e. The number of halogens is 2. The van der Waals surface area contributed by atoms with E-state index < -0.39 is 0 Å². The fourth-order valence-corrected chi connectivity index (χ4v) is 2.15. The predicted molar refractivity (Wildman–Crippen MR) is 76.1 cm³/mol. The maximum Gasteiger partial charge on any atom is 0.252 e. The van der Waals surface area contributed by atoms with Gasteiger partial charge in [0.05, 0.1) is 12.7 Å². The normalized spacial score (nSPS) is 10.1. The Morgan fingerprint density at radius 3 is 2.82 bits per heavy atom. The van der Waals surface area contributed by atoms with E-state index in [1.807, 2.05) is 12.1 Å². The standard InChI is InChI=1S/C12H15Br2NO2/c1-17-9-4-5-11(14)10(8-9)12(16)15-7-3-2-6-13/h4-5,8H,2-3,6-7H2,1H3,(H,15,16). The van der Waals surface area contributed by atoms with Gasteiger partial charge >= 0.3 is 0 Å². The first kappa shape index (κ1) is 14.5. The van der Waals surface area contributed by atoms with Crippen LogP contribution in [0.15, 0.2) is 22.7 Å². The lowest BCUT2D eigenvalue weighted by atomic mass is 10.2. The molecule has 94 valence electrons. The Kier molecular flexibility index (Phi) is 6.58. The second kappa shape index (κ2) is 7.71. The summed E-state index contributed by atoms with van der Waals surface area (Å²) >= 11 is 6.71. The van der Waals surface area contributed by atoms with Crippen LogP contribution in [0.25, 0.3) is 0 Å². The predicted octanol–water partition coefficient (Wildman–Crippen LogP) is 3.36. The zero-order valence-corrected chi connectivity index (χ0v) is 12.8. The van der Waals surface area contributed by atoms with Crippen molar-refractivity contribution in [2.24, 2.45) is 0 Å². The Balaban J connectivity index is 2.61. The van der Waals surface area contributed by atoms with E-state index >= 15 is 0 Å². The summed E-state index contributed by atoms with van der Waals surface area (Å²) in [5.74, 6) is 0.601. The Hall–Kier alpha value is -0.550. The maximum absolute atomic E-state index is 11.9. The molecular formula is C12H15Br2NO2. The number of carbonyl (C=O) groups excluding carboxylic acids is 1. The summed E-state index contributed by atoms with van der Waals surface area (Å²) in [6, 6.07) is 5.35. The van der Waals surface area contributed by atoms with Crippen LogP contribution < -0.4 is 10.1 Å². The molecule has 1 aromatic carbocycles. The second-order valence-electron chi connectivity index (χ2n) is 3.50. The highest BCUT2D eigenvalue weighted by Crippen LogP contribution is 2.22. The van der Waals surface area contributed by atoms with Gasteiger partial charge in [0.15, 0.2) is 0 Å². The van der Waals surface area contributed by atoms with Crippen LogP contribution in [0.2, 0.25) is 0 Å². The molecule has 0 aromatic heterocycles. The Morgan fingerprint density at radius 1 is 1.41 bits per heavy atom. The van der Waals surface area contributed by atoms with Gasteiger partial charge in [-0.05, 0) is 47.0 Å². The zero-order valence-electron chi connectivity index (χ0n) is 9.63. The summed E-state index contributed by atoms with van der Waals surface area (Å²) < 4.78 is 5.87. The number of alkyl halides is 1. The van der Waals surface area contributed by atoms with Gasteiger partial charge in [-0.1, -0.05) is 15.9 Å². The van der Waals surface area contributed by atoms with Gasteiger partial charge in [-0.3, -0.25) is 4.79 Å². The third-order valence-corrected chi connectivity index (χ3v) is 3.52. The quantitative estimate of drug-likeness (QED) is 0.620. The molecule has 1 amide bonds. The van der Waals surface area contributed by atoms with Crippen molar-refractivity contribution in [1.82, 2.24) is 5.32 Å². The highest BCUT2D eigenvalue weighted by atomic mass is 79.9. The first-order chi connectivity index (χ1) is 8.19. The topological polar surface area (TPSA) is 38.3 Å². The summed E-state index contributed by atoms with van der Waals surface area (Å²) in [6.07, 6.45) is 2.03. The zero-order chi connectivity index (χ0) is 12.7. The number of carbonyl (C=O) groups is 1. The van der Waals surface area contributed by atoms with Crippen LogP contribution >= 0.6 is 31.9 Å². The molecule has 1 aromatic rings. The van der Waals surface area contributed by atoms with E-state index in [-0.39, 0.29) is 5.91 Å². The van der Waals surface area contributed by atoms with Crippen LogP contribution in [0.4, 0.5) is 0 Å². The monoisotopic (exact) mass is 363 g/mol. The molecule has 0 bridgehead atoms. The fourth-order valence-electron chi connectivity index (χ4n) is 1.32.